The Morgan fingerprint density at radius 3 is 2.52 bits per heavy atom. The Morgan fingerprint density at radius 2 is 1.83 bits per heavy atom. The maximum absolute atomic E-state index is 13.1. The number of aromatic nitrogens is 3. The molecule has 3 rings (SSSR count). The van der Waals surface area contributed by atoms with Gasteiger partial charge in [-0.25, -0.2) is 9.82 Å². The highest BCUT2D eigenvalue weighted by Gasteiger charge is 2.09. The van der Waals surface area contributed by atoms with Gasteiger partial charge in [-0.05, 0) is 24.3 Å². The smallest absolute Gasteiger partial charge is 0.270 e. The maximum atomic E-state index is 13.1. The molecule has 0 aliphatic rings. The van der Waals surface area contributed by atoms with Crippen LogP contribution in [0.2, 0.25) is 0 Å². The first-order valence-corrected chi connectivity index (χ1v) is 8.40. The molecule has 0 amide bonds. The number of nitro groups is 1. The molecule has 0 saturated carbocycles. The summed E-state index contributed by atoms with van der Waals surface area (Å²) in [4.78, 5) is 24.8. The summed E-state index contributed by atoms with van der Waals surface area (Å²) in [5, 5.41) is 17.8. The van der Waals surface area contributed by atoms with Gasteiger partial charge in [-0.3, -0.25) is 10.1 Å². The van der Waals surface area contributed by atoms with E-state index in [1.54, 1.807) is 43.3 Å². The molecule has 2 aromatic carbocycles. The van der Waals surface area contributed by atoms with Gasteiger partial charge in [-0.1, -0.05) is 12.1 Å². The Hall–Kier alpha value is -4.15. The number of hydrogen-bond acceptors (Lipinski definition) is 9. The summed E-state index contributed by atoms with van der Waals surface area (Å²) in [5.41, 5.74) is 3.80. The van der Waals surface area contributed by atoms with Crippen molar-refractivity contribution in [2.75, 3.05) is 29.7 Å². The zero-order chi connectivity index (χ0) is 20.8. The predicted molar refractivity (Wildman–Crippen MR) is 108 cm³/mol. The average molecular weight is 396 g/mol. The fraction of sp³-hybridized carbons (Fsp3) is 0.111. The molecule has 11 heteroatoms. The molecule has 0 saturated heterocycles. The number of nitro benzene ring substituents is 1. The molecule has 148 valence electrons. The molecule has 0 fully saturated rings. The number of nitrogens with one attached hydrogen (secondary N) is 2. The van der Waals surface area contributed by atoms with E-state index in [-0.39, 0.29) is 23.4 Å². The molecule has 0 aliphatic carbocycles. The second kappa shape index (κ2) is 8.69. The Bertz CT molecular complexity index is 1040. The molecule has 0 unspecified atom stereocenters. The van der Waals surface area contributed by atoms with E-state index in [1.165, 1.54) is 30.5 Å². The zero-order valence-corrected chi connectivity index (χ0v) is 15.6. The highest BCUT2D eigenvalue weighted by atomic mass is 19.1. The fourth-order valence-corrected chi connectivity index (χ4v) is 2.22. The van der Waals surface area contributed by atoms with Gasteiger partial charge in [0.25, 0.3) is 5.69 Å². The minimum Gasteiger partial charge on any atom is -0.347 e. The summed E-state index contributed by atoms with van der Waals surface area (Å²) in [7, 11) is 3.54. The van der Waals surface area contributed by atoms with Crippen molar-refractivity contribution >= 4 is 35.4 Å². The molecule has 3 aromatic rings. The van der Waals surface area contributed by atoms with Crippen molar-refractivity contribution in [1.29, 1.82) is 0 Å². The number of non-ortho nitro benzene ring substituents is 1. The quantitative estimate of drug-likeness (QED) is 0.355. The summed E-state index contributed by atoms with van der Waals surface area (Å²) in [6.07, 6.45) is 1.42. The minimum atomic E-state index is -0.479. The third-order valence-electron chi connectivity index (χ3n) is 3.58. The van der Waals surface area contributed by atoms with E-state index in [4.69, 9.17) is 0 Å². The van der Waals surface area contributed by atoms with Crippen LogP contribution in [0.3, 0.4) is 0 Å². The van der Waals surface area contributed by atoms with Crippen LogP contribution >= 0.6 is 0 Å². The summed E-state index contributed by atoms with van der Waals surface area (Å²) in [6, 6.07) is 11.8. The van der Waals surface area contributed by atoms with E-state index < -0.39 is 4.92 Å². The molecule has 0 radical (unpaired) electrons. The van der Waals surface area contributed by atoms with Gasteiger partial charge in [0.15, 0.2) is 0 Å². The molecule has 0 aliphatic heterocycles. The van der Waals surface area contributed by atoms with Crippen LogP contribution < -0.4 is 15.6 Å². The molecular formula is C18H17FN8O2. The minimum absolute atomic E-state index is 0.0326. The molecular weight excluding hydrogens is 379 g/mol. The van der Waals surface area contributed by atoms with Crippen molar-refractivity contribution in [3.8, 4) is 0 Å². The van der Waals surface area contributed by atoms with E-state index in [0.717, 1.165) is 0 Å². The van der Waals surface area contributed by atoms with Gasteiger partial charge in [0.05, 0.1) is 11.1 Å². The van der Waals surface area contributed by atoms with Gasteiger partial charge in [0, 0.05) is 37.5 Å². The Balaban J connectivity index is 1.79. The fourth-order valence-electron chi connectivity index (χ4n) is 2.22. The summed E-state index contributed by atoms with van der Waals surface area (Å²) in [5.74, 6) is 0.425. The number of nitrogens with zero attached hydrogens (tertiary/aromatic N) is 6. The standard InChI is InChI=1S/C18H17FN8O2/c1-26(2)18-23-16(21-14-8-6-13(19)7-9-14)22-17(24-18)25-20-11-12-4-3-5-15(10-12)27(28)29/h3-11H,1-2H3,(H2,21,22,23,24,25). The van der Waals surface area contributed by atoms with E-state index in [0.29, 0.717) is 17.2 Å². The second-order valence-corrected chi connectivity index (χ2v) is 6.03. The Morgan fingerprint density at radius 1 is 1.10 bits per heavy atom. The number of anilines is 4. The first-order valence-electron chi connectivity index (χ1n) is 8.40. The van der Waals surface area contributed by atoms with Crippen molar-refractivity contribution in [2.45, 2.75) is 0 Å². The van der Waals surface area contributed by atoms with Gasteiger partial charge in [0.2, 0.25) is 17.8 Å². The van der Waals surface area contributed by atoms with Crippen molar-refractivity contribution < 1.29 is 9.31 Å². The lowest BCUT2D eigenvalue weighted by Crippen LogP contribution is -2.15. The summed E-state index contributed by atoms with van der Waals surface area (Å²) >= 11 is 0. The zero-order valence-electron chi connectivity index (χ0n) is 15.6. The number of rotatable bonds is 7. The topological polar surface area (TPSA) is 121 Å². The van der Waals surface area contributed by atoms with Crippen LogP contribution in [0.5, 0.6) is 0 Å². The van der Waals surface area contributed by atoms with Gasteiger partial charge in [-0.15, -0.1) is 0 Å². The first-order chi connectivity index (χ1) is 13.9. The highest BCUT2D eigenvalue weighted by Crippen LogP contribution is 2.17. The van der Waals surface area contributed by atoms with E-state index in [9.17, 15) is 14.5 Å². The molecule has 0 atom stereocenters. The molecule has 2 N–H and O–H groups in total. The number of hydrogen-bond donors (Lipinski definition) is 2. The van der Waals surface area contributed by atoms with Crippen molar-refractivity contribution in [1.82, 2.24) is 15.0 Å². The lowest BCUT2D eigenvalue weighted by molar-refractivity contribution is -0.384. The average Bonchev–Trinajstić information content (AvgIpc) is 2.70. The van der Waals surface area contributed by atoms with Gasteiger partial charge in [0.1, 0.15) is 5.82 Å². The second-order valence-electron chi connectivity index (χ2n) is 6.03. The number of halogens is 1. The largest absolute Gasteiger partial charge is 0.347 e. The first kappa shape index (κ1) is 19.6. The number of benzene rings is 2. The monoisotopic (exact) mass is 396 g/mol. The van der Waals surface area contributed by atoms with Gasteiger partial charge < -0.3 is 10.2 Å². The summed E-state index contributed by atoms with van der Waals surface area (Å²) < 4.78 is 13.1. The third-order valence-corrected chi connectivity index (χ3v) is 3.58. The SMILES string of the molecule is CN(C)c1nc(NN=Cc2cccc([N+](=O)[O-])c2)nc(Nc2ccc(F)cc2)n1. The van der Waals surface area contributed by atoms with Gasteiger partial charge in [-0.2, -0.15) is 20.1 Å². The molecule has 0 bridgehead atoms. The normalized spacial score (nSPS) is 10.7. The van der Waals surface area contributed by atoms with Crippen LogP contribution in [0, 0.1) is 15.9 Å². The van der Waals surface area contributed by atoms with Crippen LogP contribution in [0.4, 0.5) is 33.6 Å². The van der Waals surface area contributed by atoms with E-state index >= 15 is 0 Å². The van der Waals surface area contributed by atoms with Crippen LogP contribution in [0.1, 0.15) is 5.56 Å². The van der Waals surface area contributed by atoms with Crippen molar-refractivity contribution in [3.05, 3.63) is 70.0 Å². The van der Waals surface area contributed by atoms with Crippen molar-refractivity contribution in [2.24, 2.45) is 5.10 Å². The number of hydrazone groups is 1. The molecule has 1 heterocycles. The predicted octanol–water partition coefficient (Wildman–Crippen LogP) is 3.17. The Labute approximate surface area is 165 Å². The Kier molecular flexibility index (Phi) is 5.88. The van der Waals surface area contributed by atoms with Crippen molar-refractivity contribution in [3.63, 3.8) is 0 Å². The summed E-state index contributed by atoms with van der Waals surface area (Å²) in [6.45, 7) is 0. The molecule has 1 aromatic heterocycles. The van der Waals surface area contributed by atoms with E-state index in [2.05, 4.69) is 30.8 Å². The molecule has 10 nitrogen and oxygen atoms in total. The third kappa shape index (κ3) is 5.42. The van der Waals surface area contributed by atoms with E-state index in [1.807, 2.05) is 0 Å². The van der Waals surface area contributed by atoms with Gasteiger partial charge >= 0.3 is 0 Å². The van der Waals surface area contributed by atoms with Crippen LogP contribution in [-0.2, 0) is 0 Å². The maximum Gasteiger partial charge on any atom is 0.270 e. The van der Waals surface area contributed by atoms with Crippen LogP contribution in [0.25, 0.3) is 0 Å². The molecule has 29 heavy (non-hydrogen) atoms. The lowest BCUT2D eigenvalue weighted by atomic mass is 10.2. The van der Waals surface area contributed by atoms with Crippen LogP contribution in [0.15, 0.2) is 53.6 Å². The lowest BCUT2D eigenvalue weighted by Gasteiger charge is -2.13. The van der Waals surface area contributed by atoms with Crippen LogP contribution in [-0.4, -0.2) is 40.2 Å². The highest BCUT2D eigenvalue weighted by molar-refractivity contribution is 5.81. The molecule has 0 spiro atoms.